The molecule has 1 aliphatic rings. The average Bonchev–Trinajstić information content (AvgIpc) is 3.36. The van der Waals surface area contributed by atoms with Gasteiger partial charge in [-0.05, 0) is 79.9 Å². The monoisotopic (exact) mass is 571 g/mol. The lowest BCUT2D eigenvalue weighted by Gasteiger charge is -2.14. The first kappa shape index (κ1) is 26.9. The predicted molar refractivity (Wildman–Crippen MR) is 162 cm³/mol. The molecule has 1 aromatic heterocycles. The Bertz CT molecular complexity index is 1580. The number of amides is 1. The van der Waals surface area contributed by atoms with Crippen molar-refractivity contribution in [3.63, 3.8) is 0 Å². The van der Waals surface area contributed by atoms with E-state index in [2.05, 4.69) is 48.7 Å². The summed E-state index contributed by atoms with van der Waals surface area (Å²) >= 11 is 8.44. The largest absolute Gasteiger partial charge is 0.318 e. The zero-order valence-electron chi connectivity index (χ0n) is 21.4. The van der Waals surface area contributed by atoms with Crippen LogP contribution in [0.15, 0.2) is 99.6 Å². The first-order valence-corrected chi connectivity index (χ1v) is 14.4. The standard InChI is InChI=1S/C30H25N3O3S3/c1-20-18-23(19-28-29(34)31(30(37)39-28)17-16-22-6-4-3-5-7-22)21(2)32(20)24-8-12-26(13-9-24)38-27-14-10-25(11-15-27)33(35)36/h3-15,18-19H,16-17H2,1-2H3/b28-19-. The maximum atomic E-state index is 13.2. The lowest BCUT2D eigenvalue weighted by Crippen LogP contribution is -2.30. The van der Waals surface area contributed by atoms with Gasteiger partial charge in [0, 0.05) is 45.5 Å². The lowest BCUT2D eigenvalue weighted by atomic mass is 10.1. The maximum Gasteiger partial charge on any atom is 0.269 e. The van der Waals surface area contributed by atoms with Gasteiger partial charge >= 0.3 is 0 Å². The van der Waals surface area contributed by atoms with Crippen molar-refractivity contribution in [3.8, 4) is 5.69 Å². The van der Waals surface area contributed by atoms with Crippen molar-refractivity contribution < 1.29 is 9.72 Å². The van der Waals surface area contributed by atoms with Crippen LogP contribution in [-0.4, -0.2) is 31.2 Å². The van der Waals surface area contributed by atoms with Crippen LogP contribution in [0.4, 0.5) is 5.69 Å². The van der Waals surface area contributed by atoms with Crippen molar-refractivity contribution in [1.82, 2.24) is 9.47 Å². The molecule has 5 rings (SSSR count). The third kappa shape index (κ3) is 6.00. The quantitative estimate of drug-likeness (QED) is 0.0939. The van der Waals surface area contributed by atoms with Gasteiger partial charge < -0.3 is 4.57 Å². The van der Waals surface area contributed by atoms with Gasteiger partial charge in [-0.25, -0.2) is 0 Å². The fourth-order valence-corrected chi connectivity index (χ4v) is 6.60. The molecule has 2 heterocycles. The van der Waals surface area contributed by atoms with E-state index in [1.165, 1.54) is 29.5 Å². The van der Waals surface area contributed by atoms with Crippen LogP contribution in [0, 0.1) is 24.0 Å². The van der Waals surface area contributed by atoms with Gasteiger partial charge in [0.15, 0.2) is 0 Å². The summed E-state index contributed by atoms with van der Waals surface area (Å²) < 4.78 is 2.76. The van der Waals surface area contributed by atoms with E-state index >= 15 is 0 Å². The minimum atomic E-state index is -0.396. The van der Waals surface area contributed by atoms with Gasteiger partial charge in [0.25, 0.3) is 11.6 Å². The summed E-state index contributed by atoms with van der Waals surface area (Å²) in [5, 5.41) is 10.9. The van der Waals surface area contributed by atoms with Crippen molar-refractivity contribution >= 4 is 57.7 Å². The van der Waals surface area contributed by atoms with Crippen molar-refractivity contribution in [1.29, 1.82) is 0 Å². The molecule has 9 heteroatoms. The zero-order chi connectivity index (χ0) is 27.5. The fraction of sp³-hybridized carbons (Fsp3) is 0.133. The number of carbonyl (C=O) groups excluding carboxylic acids is 1. The topological polar surface area (TPSA) is 68.4 Å². The van der Waals surface area contributed by atoms with E-state index in [9.17, 15) is 14.9 Å². The number of thiocarbonyl (C=S) groups is 1. The molecule has 3 aromatic carbocycles. The molecule has 0 unspecified atom stereocenters. The molecule has 6 nitrogen and oxygen atoms in total. The Kier molecular flexibility index (Phi) is 8.02. The SMILES string of the molecule is Cc1cc(/C=C2\SC(=S)N(CCc3ccccc3)C2=O)c(C)n1-c1ccc(Sc2ccc([N+](=O)[O-])cc2)cc1. The molecule has 39 heavy (non-hydrogen) atoms. The number of thioether (sulfide) groups is 1. The van der Waals surface area contributed by atoms with Gasteiger partial charge in [0.05, 0.1) is 9.83 Å². The Morgan fingerprint density at radius 1 is 0.974 bits per heavy atom. The van der Waals surface area contributed by atoms with Crippen molar-refractivity contribution in [2.75, 3.05) is 6.54 Å². The highest BCUT2D eigenvalue weighted by atomic mass is 32.2. The molecule has 0 atom stereocenters. The summed E-state index contributed by atoms with van der Waals surface area (Å²) in [6.07, 6.45) is 2.70. The average molecular weight is 572 g/mol. The van der Waals surface area contributed by atoms with Crippen LogP contribution in [0.25, 0.3) is 11.8 Å². The molecule has 0 spiro atoms. The Hall–Kier alpha value is -3.66. The summed E-state index contributed by atoms with van der Waals surface area (Å²) in [7, 11) is 0. The number of rotatable bonds is 8. The van der Waals surface area contributed by atoms with Crippen LogP contribution in [0.5, 0.6) is 0 Å². The Morgan fingerprint density at radius 2 is 1.62 bits per heavy atom. The zero-order valence-corrected chi connectivity index (χ0v) is 23.8. The van der Waals surface area contributed by atoms with Crippen LogP contribution in [0.1, 0.15) is 22.5 Å². The molecule has 4 aromatic rings. The van der Waals surface area contributed by atoms with E-state index in [1.54, 1.807) is 28.8 Å². The van der Waals surface area contributed by atoms with Gasteiger partial charge in [-0.15, -0.1) is 0 Å². The molecule has 0 saturated carbocycles. The molecule has 0 aliphatic carbocycles. The highest BCUT2D eigenvalue weighted by molar-refractivity contribution is 8.26. The van der Waals surface area contributed by atoms with E-state index in [0.717, 1.165) is 38.9 Å². The van der Waals surface area contributed by atoms with Gasteiger partial charge in [-0.3, -0.25) is 19.8 Å². The maximum absolute atomic E-state index is 13.2. The Labute approximate surface area is 240 Å². The molecule has 0 bridgehead atoms. The smallest absolute Gasteiger partial charge is 0.269 e. The van der Waals surface area contributed by atoms with Crippen molar-refractivity contribution in [2.45, 2.75) is 30.1 Å². The molecule has 1 amide bonds. The number of hydrogen-bond acceptors (Lipinski definition) is 6. The summed E-state index contributed by atoms with van der Waals surface area (Å²) in [6.45, 7) is 4.67. The van der Waals surface area contributed by atoms with Crippen molar-refractivity contribution in [3.05, 3.63) is 122 Å². The summed E-state index contributed by atoms with van der Waals surface area (Å²) in [5.41, 5.74) is 5.37. The van der Waals surface area contributed by atoms with Crippen LogP contribution in [0.3, 0.4) is 0 Å². The third-order valence-corrected chi connectivity index (χ3v) is 8.87. The first-order chi connectivity index (χ1) is 18.8. The number of aromatic nitrogens is 1. The first-order valence-electron chi connectivity index (χ1n) is 12.3. The van der Waals surface area contributed by atoms with Gasteiger partial charge in [-0.2, -0.15) is 0 Å². The second kappa shape index (κ2) is 11.6. The third-order valence-electron chi connectivity index (χ3n) is 6.48. The Morgan fingerprint density at radius 3 is 2.26 bits per heavy atom. The van der Waals surface area contributed by atoms with Crippen LogP contribution in [-0.2, 0) is 11.2 Å². The van der Waals surface area contributed by atoms with Gasteiger partial charge in [0.1, 0.15) is 4.32 Å². The number of benzene rings is 3. The van der Waals surface area contributed by atoms with Crippen LogP contribution in [0.2, 0.25) is 0 Å². The lowest BCUT2D eigenvalue weighted by molar-refractivity contribution is -0.384. The molecule has 0 N–H and O–H groups in total. The van der Waals surface area contributed by atoms with Crippen molar-refractivity contribution in [2.24, 2.45) is 0 Å². The summed E-state index contributed by atoms with van der Waals surface area (Å²) in [4.78, 5) is 28.0. The molecule has 1 saturated heterocycles. The van der Waals surface area contributed by atoms with Gasteiger partial charge in [0.2, 0.25) is 0 Å². The molecule has 1 fully saturated rings. The number of nitro groups is 1. The number of nitro benzene ring substituents is 1. The van der Waals surface area contributed by atoms with E-state index < -0.39 is 4.92 Å². The number of hydrogen-bond donors (Lipinski definition) is 0. The second-order valence-electron chi connectivity index (χ2n) is 9.08. The number of carbonyl (C=O) groups is 1. The highest BCUT2D eigenvalue weighted by Crippen LogP contribution is 2.35. The minimum absolute atomic E-state index is 0.0432. The molecule has 0 radical (unpaired) electrons. The van der Waals surface area contributed by atoms with Crippen LogP contribution >= 0.6 is 35.7 Å². The number of nitrogens with zero attached hydrogens (tertiary/aromatic N) is 3. The van der Waals surface area contributed by atoms with E-state index in [-0.39, 0.29) is 11.6 Å². The molecule has 196 valence electrons. The van der Waals surface area contributed by atoms with E-state index in [0.29, 0.717) is 15.8 Å². The fourth-order valence-electron chi connectivity index (χ4n) is 4.49. The predicted octanol–water partition coefficient (Wildman–Crippen LogP) is 7.60. The van der Waals surface area contributed by atoms with Crippen LogP contribution < -0.4 is 0 Å². The number of non-ortho nitro benzene ring substituents is 1. The summed E-state index contributed by atoms with van der Waals surface area (Å²) in [6, 6.07) is 26.9. The second-order valence-corrected chi connectivity index (χ2v) is 11.9. The normalized spacial score (nSPS) is 14.4. The Balaban J connectivity index is 1.30. The molecule has 1 aliphatic heterocycles. The van der Waals surface area contributed by atoms with E-state index in [1.807, 2.05) is 36.4 Å². The summed E-state index contributed by atoms with van der Waals surface area (Å²) in [5.74, 6) is -0.0432. The van der Waals surface area contributed by atoms with Gasteiger partial charge in [-0.1, -0.05) is 66.1 Å². The number of aryl methyl sites for hydroxylation is 1. The van der Waals surface area contributed by atoms with E-state index in [4.69, 9.17) is 12.2 Å². The molecular weight excluding hydrogens is 547 g/mol. The molecular formula is C30H25N3O3S3. The minimum Gasteiger partial charge on any atom is -0.318 e. The highest BCUT2D eigenvalue weighted by Gasteiger charge is 2.32.